The zero-order valence-electron chi connectivity index (χ0n) is 24.7. The molecule has 42 heavy (non-hydrogen) atoms. The van der Waals surface area contributed by atoms with Crippen LogP contribution in [0.25, 0.3) is 49.0 Å². The van der Waals surface area contributed by atoms with Crippen molar-refractivity contribution >= 4 is 37.9 Å². The van der Waals surface area contributed by atoms with Crippen molar-refractivity contribution in [1.82, 2.24) is 0 Å². The van der Waals surface area contributed by atoms with Crippen molar-refractivity contribution in [3.8, 4) is 11.1 Å². The average Bonchev–Trinajstić information content (AvgIpc) is 3.03. The molecule has 0 aliphatic heterocycles. The lowest BCUT2D eigenvalue weighted by molar-refractivity contribution is 0.332. The molecule has 0 radical (unpaired) electrons. The minimum Gasteiger partial charge on any atom is -0.330 e. The van der Waals surface area contributed by atoms with E-state index in [4.69, 9.17) is 5.73 Å². The molecule has 1 heteroatoms. The van der Waals surface area contributed by atoms with Gasteiger partial charge in [-0.2, -0.15) is 0 Å². The Balaban J connectivity index is 1.56. The number of nitrogens with two attached hydrogens (primary N) is 1. The molecule has 3 aliphatic carbocycles. The summed E-state index contributed by atoms with van der Waals surface area (Å²) in [6.07, 6.45) is 15.0. The number of fused-ring (bicyclic) bond motifs is 6. The van der Waals surface area contributed by atoms with Crippen LogP contribution in [0, 0.1) is 11.8 Å². The van der Waals surface area contributed by atoms with Gasteiger partial charge in [0.05, 0.1) is 0 Å². The fourth-order valence-electron chi connectivity index (χ4n) is 8.03. The minimum atomic E-state index is -0.0359. The van der Waals surface area contributed by atoms with Crippen LogP contribution in [0.5, 0.6) is 0 Å². The highest BCUT2D eigenvalue weighted by molar-refractivity contribution is 6.19. The van der Waals surface area contributed by atoms with E-state index in [9.17, 15) is 0 Å². The van der Waals surface area contributed by atoms with E-state index >= 15 is 0 Å². The third-order valence-corrected chi connectivity index (χ3v) is 10.2. The first-order valence-corrected chi connectivity index (χ1v) is 15.4. The molecule has 5 aromatic rings. The molecule has 0 amide bonds. The van der Waals surface area contributed by atoms with Crippen LogP contribution in [0.15, 0.2) is 127 Å². The summed E-state index contributed by atoms with van der Waals surface area (Å²) in [6, 6.07) is 31.7. The maximum Gasteiger partial charge on any atom is 0.0179 e. The number of allylic oxidation sites excluding steroid dienone is 6. The van der Waals surface area contributed by atoms with Crippen molar-refractivity contribution in [3.05, 3.63) is 139 Å². The second-order valence-corrected chi connectivity index (χ2v) is 12.2. The fourth-order valence-corrected chi connectivity index (χ4v) is 8.03. The smallest absolute Gasteiger partial charge is 0.0179 e. The molecule has 1 nitrogen and oxygen atoms in total. The molecule has 0 heterocycles. The molecule has 0 saturated heterocycles. The fraction of sp³-hybridized carbons (Fsp3) is 0.220. The SMILES string of the molecule is C=C/C(=C\C)c1ccc(-c2c3ccccc3c([C@@]34C=CC(CC3)C(CN)/C(C)=C\C4)c3ccccc23)c2ccccc12. The molecular weight excluding hydrogens is 506 g/mol. The van der Waals surface area contributed by atoms with Crippen LogP contribution >= 0.6 is 0 Å². The van der Waals surface area contributed by atoms with Crippen molar-refractivity contribution in [2.45, 2.75) is 38.5 Å². The van der Waals surface area contributed by atoms with Gasteiger partial charge < -0.3 is 5.73 Å². The molecule has 0 saturated carbocycles. The van der Waals surface area contributed by atoms with Gasteiger partial charge in [0.25, 0.3) is 0 Å². The van der Waals surface area contributed by atoms with E-state index in [1.807, 2.05) is 6.08 Å². The molecule has 0 spiro atoms. The lowest BCUT2D eigenvalue weighted by atomic mass is 9.62. The Labute approximate surface area is 249 Å². The van der Waals surface area contributed by atoms with Gasteiger partial charge in [0.2, 0.25) is 0 Å². The van der Waals surface area contributed by atoms with Crippen LogP contribution in [-0.4, -0.2) is 6.54 Å². The molecule has 8 rings (SSSR count). The minimum absolute atomic E-state index is 0.0359. The quantitative estimate of drug-likeness (QED) is 0.133. The van der Waals surface area contributed by atoms with E-state index < -0.39 is 0 Å². The summed E-state index contributed by atoms with van der Waals surface area (Å²) < 4.78 is 0. The van der Waals surface area contributed by atoms with Crippen LogP contribution in [0.3, 0.4) is 0 Å². The highest BCUT2D eigenvalue weighted by Gasteiger charge is 2.39. The molecule has 2 N–H and O–H groups in total. The summed E-state index contributed by atoms with van der Waals surface area (Å²) in [5.74, 6) is 0.981. The van der Waals surface area contributed by atoms with Gasteiger partial charge in [-0.1, -0.05) is 127 Å². The maximum absolute atomic E-state index is 6.26. The lowest BCUT2D eigenvalue weighted by Crippen LogP contribution is -2.34. The lowest BCUT2D eigenvalue weighted by Gasteiger charge is -2.42. The monoisotopic (exact) mass is 545 g/mol. The Morgan fingerprint density at radius 2 is 1.48 bits per heavy atom. The maximum atomic E-state index is 6.26. The van der Waals surface area contributed by atoms with Gasteiger partial charge >= 0.3 is 0 Å². The third kappa shape index (κ3) is 4.02. The van der Waals surface area contributed by atoms with Gasteiger partial charge in [-0.05, 0) is 112 Å². The Hall–Kier alpha value is -4.20. The molecule has 5 aromatic carbocycles. The summed E-state index contributed by atoms with van der Waals surface area (Å²) in [5.41, 5.74) is 14.1. The van der Waals surface area contributed by atoms with Crippen molar-refractivity contribution in [3.63, 3.8) is 0 Å². The molecule has 0 fully saturated rings. The number of hydrogen-bond acceptors (Lipinski definition) is 1. The highest BCUT2D eigenvalue weighted by Crippen LogP contribution is 2.52. The van der Waals surface area contributed by atoms with Crippen molar-refractivity contribution < 1.29 is 0 Å². The molecular formula is C41H39N. The van der Waals surface area contributed by atoms with Gasteiger partial charge in [-0.25, -0.2) is 0 Å². The topological polar surface area (TPSA) is 26.0 Å². The van der Waals surface area contributed by atoms with Crippen LogP contribution in [-0.2, 0) is 5.41 Å². The second-order valence-electron chi connectivity index (χ2n) is 12.2. The summed E-state index contributed by atoms with van der Waals surface area (Å²) in [7, 11) is 0. The van der Waals surface area contributed by atoms with Crippen LogP contribution in [0.4, 0.5) is 0 Å². The molecule has 3 aliphatic rings. The predicted octanol–water partition coefficient (Wildman–Crippen LogP) is 10.5. The molecule has 0 aromatic heterocycles. The average molecular weight is 546 g/mol. The summed E-state index contributed by atoms with van der Waals surface area (Å²) in [5, 5.41) is 7.91. The highest BCUT2D eigenvalue weighted by atomic mass is 14.6. The van der Waals surface area contributed by atoms with E-state index in [0.29, 0.717) is 11.8 Å². The Bertz CT molecular complexity index is 1890. The Morgan fingerprint density at radius 3 is 2.05 bits per heavy atom. The van der Waals surface area contributed by atoms with Crippen molar-refractivity contribution in [2.75, 3.05) is 6.54 Å². The van der Waals surface area contributed by atoms with E-state index in [1.165, 1.54) is 66.6 Å². The predicted molar refractivity (Wildman–Crippen MR) is 183 cm³/mol. The summed E-state index contributed by atoms with van der Waals surface area (Å²) in [6.45, 7) is 9.19. The van der Waals surface area contributed by atoms with Gasteiger partial charge in [0, 0.05) is 5.41 Å². The van der Waals surface area contributed by atoms with Crippen LogP contribution < -0.4 is 5.73 Å². The largest absolute Gasteiger partial charge is 0.330 e. The van der Waals surface area contributed by atoms with E-state index in [-0.39, 0.29) is 5.41 Å². The number of rotatable bonds is 5. The molecule has 2 unspecified atom stereocenters. The molecule has 208 valence electrons. The Morgan fingerprint density at radius 1 is 0.857 bits per heavy atom. The zero-order chi connectivity index (χ0) is 28.8. The first kappa shape index (κ1) is 26.7. The normalized spacial score (nSPS) is 23.6. The van der Waals surface area contributed by atoms with Gasteiger partial charge in [-0.3, -0.25) is 0 Å². The first-order valence-electron chi connectivity index (χ1n) is 15.4. The van der Waals surface area contributed by atoms with Gasteiger partial charge in [0.1, 0.15) is 0 Å². The van der Waals surface area contributed by atoms with Crippen LogP contribution in [0.1, 0.15) is 44.2 Å². The number of hydrogen-bond donors (Lipinski definition) is 1. The zero-order valence-corrected chi connectivity index (χ0v) is 24.7. The second kappa shape index (κ2) is 10.6. The summed E-state index contributed by atoms with van der Waals surface area (Å²) in [4.78, 5) is 0. The summed E-state index contributed by atoms with van der Waals surface area (Å²) >= 11 is 0. The van der Waals surface area contributed by atoms with Crippen molar-refractivity contribution in [2.24, 2.45) is 17.6 Å². The van der Waals surface area contributed by atoms with Gasteiger partial charge in [-0.15, -0.1) is 0 Å². The van der Waals surface area contributed by atoms with E-state index in [2.05, 4.69) is 130 Å². The van der Waals surface area contributed by atoms with E-state index in [1.54, 1.807) is 0 Å². The molecule has 3 atom stereocenters. The van der Waals surface area contributed by atoms with Crippen molar-refractivity contribution in [1.29, 1.82) is 0 Å². The molecule has 2 bridgehead atoms. The Kier molecular flexibility index (Phi) is 6.72. The first-order chi connectivity index (χ1) is 20.6. The third-order valence-electron chi connectivity index (χ3n) is 10.2. The number of benzene rings is 5. The van der Waals surface area contributed by atoms with E-state index in [0.717, 1.165) is 25.0 Å². The van der Waals surface area contributed by atoms with Gasteiger partial charge in [0.15, 0.2) is 0 Å². The standard InChI is InChI=1S/C41H39N/c1-4-28(5-2)30-18-19-35(32-13-7-6-12-31(30)32)39-33-14-8-10-16-36(33)40(37-17-11-9-15-34(37)39)41-23-20-27(3)38(26-42)29(21-24-41)22-25-41/h4-21,24,29,38H,1,22-23,25-26,42H2,2-3H3/b27-20-,28-5+/t29?,38?,41-/m0/s1. The van der Waals surface area contributed by atoms with Crippen LogP contribution in [0.2, 0.25) is 0 Å².